The lowest BCUT2D eigenvalue weighted by Crippen LogP contribution is -2.51. The minimum Gasteiger partial charge on any atom is -0.465 e. The highest BCUT2D eigenvalue weighted by Crippen LogP contribution is 2.36. The highest BCUT2D eigenvalue weighted by Gasteiger charge is 2.53. The number of aliphatic hydroxyl groups excluding tert-OH is 1. The Labute approximate surface area is 286 Å². The molecular weight excluding hydrogens is 644 g/mol. The van der Waals surface area contributed by atoms with Crippen LogP contribution in [0.4, 0.5) is 4.79 Å². The highest BCUT2D eigenvalue weighted by atomic mass is 35.5. The Morgan fingerprint density at radius 1 is 1.17 bits per heavy atom. The molecule has 6 atom stereocenters. The van der Waals surface area contributed by atoms with Crippen LogP contribution in [-0.4, -0.2) is 76.5 Å². The van der Waals surface area contributed by atoms with Gasteiger partial charge in [0.25, 0.3) is 0 Å². The molecule has 0 aliphatic carbocycles. The largest absolute Gasteiger partial charge is 0.465 e. The van der Waals surface area contributed by atoms with Gasteiger partial charge in [0.2, 0.25) is 11.8 Å². The van der Waals surface area contributed by atoms with Gasteiger partial charge in [0.1, 0.15) is 23.7 Å². The summed E-state index contributed by atoms with van der Waals surface area (Å²) in [5.41, 5.74) is 1.55. The molecule has 13 heteroatoms. The van der Waals surface area contributed by atoms with Crippen LogP contribution in [0, 0.1) is 6.92 Å². The fraction of sp³-hybridized carbons (Fsp3) is 0.571. The molecule has 1 aromatic rings. The molecule has 2 bridgehead atoms. The number of amides is 2. The molecule has 0 aromatic carbocycles. The quantitative estimate of drug-likeness (QED) is 0.0633. The van der Waals surface area contributed by atoms with E-state index < -0.39 is 53.9 Å². The van der Waals surface area contributed by atoms with Crippen molar-refractivity contribution >= 4 is 47.7 Å². The third kappa shape index (κ3) is 13.4. The molecule has 264 valence electrons. The first-order valence-electron chi connectivity index (χ1n) is 16.5. The second-order valence-corrected chi connectivity index (χ2v) is 12.4. The van der Waals surface area contributed by atoms with Gasteiger partial charge in [0.15, 0.2) is 12.2 Å². The van der Waals surface area contributed by atoms with E-state index in [1.807, 2.05) is 18.3 Å². The van der Waals surface area contributed by atoms with Crippen molar-refractivity contribution in [1.82, 2.24) is 10.3 Å². The molecule has 2 aliphatic rings. The van der Waals surface area contributed by atoms with E-state index in [1.165, 1.54) is 12.2 Å². The average molecular weight is 691 g/mol. The van der Waals surface area contributed by atoms with Crippen LogP contribution in [0.2, 0.25) is 0 Å². The zero-order chi connectivity index (χ0) is 35.1. The number of aliphatic hydroxyl groups is 1. The molecule has 0 radical (unpaired) electrons. The number of hydrogen-bond donors (Lipinski definition) is 2. The van der Waals surface area contributed by atoms with Crippen molar-refractivity contribution in [1.29, 1.82) is 0 Å². The number of aromatic nitrogens is 1. The summed E-state index contributed by atoms with van der Waals surface area (Å²) < 4.78 is 28.1. The molecule has 6 unspecified atom stereocenters. The maximum absolute atomic E-state index is 13.0. The van der Waals surface area contributed by atoms with Crippen LogP contribution < -0.4 is 5.32 Å². The van der Waals surface area contributed by atoms with E-state index in [0.717, 1.165) is 50.7 Å². The summed E-state index contributed by atoms with van der Waals surface area (Å²) >= 11 is 6.56. The smallest absolute Gasteiger partial charge is 0.414 e. The van der Waals surface area contributed by atoms with Gasteiger partial charge in [-0.25, -0.2) is 14.6 Å². The second-order valence-electron chi connectivity index (χ2n) is 11.9. The molecule has 48 heavy (non-hydrogen) atoms. The molecule has 1 fully saturated rings. The summed E-state index contributed by atoms with van der Waals surface area (Å²) in [5, 5.41) is 12.3. The standard InChI is InChI=1S/C35H47ClN2O10/c1-5-6-7-8-9-16-29(40)44-20-13-12-14-25(36)31(42)33-34(48-35(43)37-24(4)39)32-27(46-32)19-18-22(2)21-28-38-26(23(3)45-28)15-10-11-17-30(41)47-33/h10-12,14-15,17,21,25,27,31-34,42H,5-9,13,16,18-20H2,1-4H3,(H,37,39,43)/b14-12?,15-10+,17-11?,22-21?. The third-order valence-electron chi connectivity index (χ3n) is 7.70. The molecule has 3 heterocycles. The van der Waals surface area contributed by atoms with Gasteiger partial charge in [-0.1, -0.05) is 62.5 Å². The Kier molecular flexibility index (Phi) is 16.1. The Bertz CT molecular complexity index is 1370. The molecule has 0 saturated carbocycles. The number of halogens is 1. The number of nitrogens with zero attached hydrogens (tertiary/aromatic N) is 1. The number of allylic oxidation sites excluding steroid dienone is 3. The van der Waals surface area contributed by atoms with E-state index in [-0.39, 0.29) is 12.6 Å². The molecular formula is C35H47ClN2O10. The van der Waals surface area contributed by atoms with Gasteiger partial charge in [-0.2, -0.15) is 0 Å². The van der Waals surface area contributed by atoms with Crippen molar-refractivity contribution in [3.8, 4) is 0 Å². The lowest BCUT2D eigenvalue weighted by atomic mass is 9.98. The van der Waals surface area contributed by atoms with Crippen LogP contribution in [-0.2, 0) is 33.3 Å². The number of ether oxygens (including phenoxy) is 4. The number of oxazole rings is 1. The average Bonchev–Trinajstić information content (AvgIpc) is 3.72. The number of alkyl carbamates (subject to hydrolysis) is 1. The van der Waals surface area contributed by atoms with Crippen molar-refractivity contribution in [3.63, 3.8) is 0 Å². The van der Waals surface area contributed by atoms with Gasteiger partial charge >= 0.3 is 18.0 Å². The Hall–Kier alpha value is -3.74. The zero-order valence-corrected chi connectivity index (χ0v) is 28.8. The van der Waals surface area contributed by atoms with Crippen molar-refractivity contribution in [2.75, 3.05) is 6.61 Å². The monoisotopic (exact) mass is 690 g/mol. The van der Waals surface area contributed by atoms with Crippen LogP contribution in [0.1, 0.15) is 95.9 Å². The predicted octanol–water partition coefficient (Wildman–Crippen LogP) is 5.89. The summed E-state index contributed by atoms with van der Waals surface area (Å²) in [6, 6.07) is 0. The van der Waals surface area contributed by atoms with Gasteiger partial charge < -0.3 is 28.5 Å². The maximum Gasteiger partial charge on any atom is 0.414 e. The number of nitrogens with one attached hydrogen (secondary N) is 1. The number of carbonyl (C=O) groups is 4. The SMILES string of the molecule is CCCCCCCC(=O)OCCC=CC(Cl)C(O)C1OC(=O)C=C/C=C/c2nc(oc2C)C=C(C)CCC2OC2C1OC(=O)NC(C)=O. The second kappa shape index (κ2) is 19.9. The molecule has 1 aromatic heterocycles. The minimum atomic E-state index is -1.57. The maximum atomic E-state index is 13.0. The lowest BCUT2D eigenvalue weighted by molar-refractivity contribution is -0.159. The summed E-state index contributed by atoms with van der Waals surface area (Å²) in [5.74, 6) is -0.740. The number of aryl methyl sites for hydroxylation is 1. The fourth-order valence-electron chi connectivity index (χ4n) is 5.09. The summed E-state index contributed by atoms with van der Waals surface area (Å²) in [6.07, 6.45) is 11.0. The van der Waals surface area contributed by atoms with Gasteiger partial charge in [0.05, 0.1) is 18.1 Å². The lowest BCUT2D eigenvalue weighted by Gasteiger charge is -2.30. The number of esters is 2. The summed E-state index contributed by atoms with van der Waals surface area (Å²) in [7, 11) is 0. The zero-order valence-electron chi connectivity index (χ0n) is 28.0. The van der Waals surface area contributed by atoms with E-state index in [0.29, 0.717) is 43.0 Å². The molecule has 3 rings (SSSR count). The topological polar surface area (TPSA) is 167 Å². The van der Waals surface area contributed by atoms with E-state index in [9.17, 15) is 24.3 Å². The number of alkyl halides is 1. The Morgan fingerprint density at radius 2 is 1.92 bits per heavy atom. The van der Waals surface area contributed by atoms with E-state index in [1.54, 1.807) is 25.2 Å². The fourth-order valence-corrected chi connectivity index (χ4v) is 5.33. The van der Waals surface area contributed by atoms with Crippen LogP contribution in [0.5, 0.6) is 0 Å². The van der Waals surface area contributed by atoms with E-state index in [4.69, 9.17) is 35.0 Å². The van der Waals surface area contributed by atoms with Crippen LogP contribution in [0.3, 0.4) is 0 Å². The number of imide groups is 1. The molecule has 2 N–H and O–H groups in total. The van der Waals surface area contributed by atoms with Crippen molar-refractivity contribution in [2.24, 2.45) is 0 Å². The Balaban J connectivity index is 1.75. The number of fused-ring (bicyclic) bond motifs is 3. The van der Waals surface area contributed by atoms with Crippen LogP contribution >= 0.6 is 11.6 Å². The number of epoxide rings is 1. The van der Waals surface area contributed by atoms with Gasteiger partial charge in [-0.15, -0.1) is 11.6 Å². The first kappa shape index (κ1) is 38.7. The normalized spacial score (nSPS) is 23.2. The molecule has 1 saturated heterocycles. The summed E-state index contributed by atoms with van der Waals surface area (Å²) in [6.45, 7) is 7.12. The molecule has 2 amide bonds. The van der Waals surface area contributed by atoms with E-state index >= 15 is 0 Å². The van der Waals surface area contributed by atoms with Crippen LogP contribution in [0.15, 0.2) is 40.4 Å². The number of carbonyl (C=O) groups excluding carboxylic acids is 4. The highest BCUT2D eigenvalue weighted by molar-refractivity contribution is 6.22. The molecule has 0 spiro atoms. The van der Waals surface area contributed by atoms with E-state index in [2.05, 4.69) is 11.9 Å². The van der Waals surface area contributed by atoms with Crippen molar-refractivity contribution in [2.45, 2.75) is 121 Å². The number of unbranched alkanes of at least 4 members (excludes halogenated alkanes) is 4. The molecule has 12 nitrogen and oxygen atoms in total. The summed E-state index contributed by atoms with van der Waals surface area (Å²) in [4.78, 5) is 53.6. The molecule has 2 aliphatic heterocycles. The third-order valence-corrected chi connectivity index (χ3v) is 8.10. The van der Waals surface area contributed by atoms with Crippen molar-refractivity contribution in [3.05, 3.63) is 53.3 Å². The minimum absolute atomic E-state index is 0.137. The van der Waals surface area contributed by atoms with Gasteiger partial charge in [0, 0.05) is 19.4 Å². The number of rotatable bonds is 13. The first-order valence-corrected chi connectivity index (χ1v) is 16.9. The van der Waals surface area contributed by atoms with Crippen LogP contribution in [0.25, 0.3) is 12.2 Å². The Morgan fingerprint density at radius 3 is 2.67 bits per heavy atom. The van der Waals surface area contributed by atoms with Gasteiger partial charge in [-0.3, -0.25) is 14.9 Å². The number of hydrogen-bond acceptors (Lipinski definition) is 11. The first-order chi connectivity index (χ1) is 23.0. The van der Waals surface area contributed by atoms with Crippen molar-refractivity contribution < 1.29 is 47.6 Å². The van der Waals surface area contributed by atoms with Gasteiger partial charge in [-0.05, 0) is 51.7 Å². The predicted molar refractivity (Wildman–Crippen MR) is 179 cm³/mol. The number of cyclic esters (lactones) is 1.